The number of amides is 1. The molecule has 3 N–H and O–H groups in total. The van der Waals surface area contributed by atoms with Crippen LogP contribution < -0.4 is 10.6 Å². The van der Waals surface area contributed by atoms with Gasteiger partial charge in [-0.3, -0.25) is 4.79 Å². The number of nitrogens with one attached hydrogen (secondary N) is 2. The molecular weight excluding hydrogens is 330 g/mol. The van der Waals surface area contributed by atoms with Gasteiger partial charge in [0.15, 0.2) is 0 Å². The van der Waals surface area contributed by atoms with Gasteiger partial charge in [0, 0.05) is 17.8 Å². The van der Waals surface area contributed by atoms with Gasteiger partial charge in [-0.1, -0.05) is 37.6 Å². The molecule has 0 radical (unpaired) electrons. The SMILES string of the molecule is CC(C)C(NC(=O)/C(C#N)=C\NCCc1cccc(Cl)c1)C(=O)O. The van der Waals surface area contributed by atoms with E-state index in [2.05, 4.69) is 10.6 Å². The lowest BCUT2D eigenvalue weighted by atomic mass is 10.0. The van der Waals surface area contributed by atoms with Gasteiger partial charge in [-0.2, -0.15) is 5.26 Å². The van der Waals surface area contributed by atoms with E-state index in [1.807, 2.05) is 18.2 Å². The van der Waals surface area contributed by atoms with Crippen LogP contribution in [0.25, 0.3) is 0 Å². The third kappa shape index (κ3) is 6.31. The van der Waals surface area contributed by atoms with Crippen LogP contribution in [0.1, 0.15) is 19.4 Å². The molecule has 1 aromatic rings. The van der Waals surface area contributed by atoms with Crippen molar-refractivity contribution in [3.05, 3.63) is 46.6 Å². The average molecular weight is 350 g/mol. The van der Waals surface area contributed by atoms with Crippen LogP contribution in [0.4, 0.5) is 0 Å². The van der Waals surface area contributed by atoms with Gasteiger partial charge in [0.1, 0.15) is 17.7 Å². The Hall–Kier alpha value is -2.52. The van der Waals surface area contributed by atoms with Gasteiger partial charge >= 0.3 is 5.97 Å². The van der Waals surface area contributed by atoms with Crippen LogP contribution in [0.3, 0.4) is 0 Å². The zero-order valence-electron chi connectivity index (χ0n) is 13.5. The predicted octanol–water partition coefficient (Wildman–Crippen LogP) is 2.10. The number of carboxylic acids is 1. The molecule has 0 saturated heterocycles. The van der Waals surface area contributed by atoms with E-state index in [0.717, 1.165) is 5.56 Å². The summed E-state index contributed by atoms with van der Waals surface area (Å²) in [5.41, 5.74) is 0.852. The second kappa shape index (κ2) is 9.58. The molecule has 0 bridgehead atoms. The maximum atomic E-state index is 12.0. The lowest BCUT2D eigenvalue weighted by molar-refractivity contribution is -0.142. The molecule has 0 fully saturated rings. The highest BCUT2D eigenvalue weighted by molar-refractivity contribution is 6.30. The number of nitriles is 1. The number of nitrogens with zero attached hydrogens (tertiary/aromatic N) is 1. The Morgan fingerprint density at radius 3 is 2.67 bits per heavy atom. The maximum Gasteiger partial charge on any atom is 0.326 e. The Bertz CT molecular complexity index is 665. The summed E-state index contributed by atoms with van der Waals surface area (Å²) in [7, 11) is 0. The van der Waals surface area contributed by atoms with Crippen LogP contribution in [-0.2, 0) is 16.0 Å². The number of hydrogen-bond donors (Lipinski definition) is 3. The fraction of sp³-hybridized carbons (Fsp3) is 0.353. The minimum atomic E-state index is -1.13. The molecule has 1 aromatic carbocycles. The van der Waals surface area contributed by atoms with E-state index in [0.29, 0.717) is 18.0 Å². The van der Waals surface area contributed by atoms with Crippen LogP contribution in [0.2, 0.25) is 5.02 Å². The first-order chi connectivity index (χ1) is 11.3. The highest BCUT2D eigenvalue weighted by Gasteiger charge is 2.24. The van der Waals surface area contributed by atoms with Crippen molar-refractivity contribution in [3.8, 4) is 6.07 Å². The highest BCUT2D eigenvalue weighted by Crippen LogP contribution is 2.10. The van der Waals surface area contributed by atoms with E-state index in [4.69, 9.17) is 22.0 Å². The summed E-state index contributed by atoms with van der Waals surface area (Å²) in [6.45, 7) is 3.86. The molecule has 0 aliphatic carbocycles. The minimum absolute atomic E-state index is 0.173. The molecule has 7 heteroatoms. The number of rotatable bonds is 8. The quantitative estimate of drug-likeness (QED) is 0.379. The van der Waals surface area contributed by atoms with E-state index in [1.165, 1.54) is 6.20 Å². The second-order valence-electron chi connectivity index (χ2n) is 5.54. The largest absolute Gasteiger partial charge is 0.480 e. The highest BCUT2D eigenvalue weighted by atomic mass is 35.5. The Balaban J connectivity index is 2.58. The molecule has 24 heavy (non-hydrogen) atoms. The minimum Gasteiger partial charge on any atom is -0.480 e. The number of aliphatic carboxylic acids is 1. The lowest BCUT2D eigenvalue weighted by Crippen LogP contribution is -2.44. The van der Waals surface area contributed by atoms with Gasteiger partial charge in [0.2, 0.25) is 0 Å². The van der Waals surface area contributed by atoms with Crippen molar-refractivity contribution >= 4 is 23.5 Å². The van der Waals surface area contributed by atoms with Gasteiger partial charge in [-0.25, -0.2) is 4.79 Å². The fourth-order valence-electron chi connectivity index (χ4n) is 1.96. The van der Waals surface area contributed by atoms with Crippen LogP contribution in [0, 0.1) is 17.2 Å². The number of carbonyl (C=O) groups excluding carboxylic acids is 1. The normalized spacial score (nSPS) is 12.4. The summed E-state index contributed by atoms with van der Waals surface area (Å²) in [5, 5.41) is 24.0. The predicted molar refractivity (Wildman–Crippen MR) is 91.3 cm³/mol. The number of benzene rings is 1. The van der Waals surface area contributed by atoms with Crippen LogP contribution in [0.5, 0.6) is 0 Å². The fourth-order valence-corrected chi connectivity index (χ4v) is 2.18. The van der Waals surface area contributed by atoms with Gasteiger partial charge < -0.3 is 15.7 Å². The smallest absolute Gasteiger partial charge is 0.326 e. The molecule has 0 aliphatic heterocycles. The van der Waals surface area contributed by atoms with Gasteiger partial charge in [0.25, 0.3) is 5.91 Å². The molecule has 6 nitrogen and oxygen atoms in total. The molecule has 0 aliphatic rings. The van der Waals surface area contributed by atoms with E-state index >= 15 is 0 Å². The van der Waals surface area contributed by atoms with Gasteiger partial charge in [-0.15, -0.1) is 0 Å². The summed E-state index contributed by atoms with van der Waals surface area (Å²) in [4.78, 5) is 23.1. The maximum absolute atomic E-state index is 12.0. The molecule has 1 atom stereocenters. The van der Waals surface area contributed by atoms with Crippen molar-refractivity contribution < 1.29 is 14.7 Å². The molecule has 0 heterocycles. The standard InChI is InChI=1S/C17H20ClN3O3/c1-11(2)15(17(23)24)21-16(22)13(9-19)10-20-7-6-12-4-3-5-14(18)8-12/h3-5,8,10-11,15,20H,6-7H2,1-2H3,(H,21,22)(H,23,24)/b13-10-. The topological polar surface area (TPSA) is 102 Å². The third-order valence-electron chi connectivity index (χ3n) is 3.28. The Morgan fingerprint density at radius 2 is 2.12 bits per heavy atom. The first-order valence-electron chi connectivity index (χ1n) is 7.47. The Morgan fingerprint density at radius 1 is 1.42 bits per heavy atom. The van der Waals surface area contributed by atoms with Crippen molar-refractivity contribution in [2.75, 3.05) is 6.54 Å². The summed E-state index contributed by atoms with van der Waals surface area (Å²) in [6, 6.07) is 8.12. The zero-order chi connectivity index (χ0) is 18.1. The summed E-state index contributed by atoms with van der Waals surface area (Å²) in [5.74, 6) is -2.14. The molecule has 128 valence electrons. The van der Waals surface area contributed by atoms with Crippen molar-refractivity contribution in [2.24, 2.45) is 5.92 Å². The molecule has 0 spiro atoms. The number of carbonyl (C=O) groups is 2. The molecule has 1 unspecified atom stereocenters. The summed E-state index contributed by atoms with van der Waals surface area (Å²) in [6.07, 6.45) is 1.96. The van der Waals surface area contributed by atoms with Crippen molar-refractivity contribution in [3.63, 3.8) is 0 Å². The second-order valence-corrected chi connectivity index (χ2v) is 5.97. The zero-order valence-corrected chi connectivity index (χ0v) is 14.3. The van der Waals surface area contributed by atoms with E-state index in [9.17, 15) is 9.59 Å². The number of carboxylic acid groups (broad SMARTS) is 1. The van der Waals surface area contributed by atoms with Gasteiger partial charge in [0.05, 0.1) is 0 Å². The van der Waals surface area contributed by atoms with E-state index in [-0.39, 0.29) is 11.5 Å². The Labute approximate surface area is 146 Å². The average Bonchev–Trinajstić information content (AvgIpc) is 2.52. The number of hydrogen-bond acceptors (Lipinski definition) is 4. The molecule has 1 amide bonds. The third-order valence-corrected chi connectivity index (χ3v) is 3.51. The molecule has 0 aromatic heterocycles. The molecular formula is C17H20ClN3O3. The van der Waals surface area contributed by atoms with Crippen LogP contribution >= 0.6 is 11.6 Å². The number of halogens is 1. The summed E-state index contributed by atoms with van der Waals surface area (Å²) < 4.78 is 0. The van der Waals surface area contributed by atoms with E-state index in [1.54, 1.807) is 26.0 Å². The van der Waals surface area contributed by atoms with E-state index < -0.39 is 17.9 Å². The van der Waals surface area contributed by atoms with Gasteiger partial charge in [-0.05, 0) is 30.0 Å². The van der Waals surface area contributed by atoms with Crippen LogP contribution in [-0.4, -0.2) is 29.6 Å². The Kier molecular flexibility index (Phi) is 7.80. The molecule has 1 rings (SSSR count). The van der Waals surface area contributed by atoms with Crippen LogP contribution in [0.15, 0.2) is 36.0 Å². The summed E-state index contributed by atoms with van der Waals surface area (Å²) >= 11 is 5.90. The van der Waals surface area contributed by atoms with Crippen molar-refractivity contribution in [2.45, 2.75) is 26.3 Å². The first kappa shape index (κ1) is 19.5. The monoisotopic (exact) mass is 349 g/mol. The lowest BCUT2D eigenvalue weighted by Gasteiger charge is -2.17. The van der Waals surface area contributed by atoms with Crippen molar-refractivity contribution in [1.29, 1.82) is 5.26 Å². The first-order valence-corrected chi connectivity index (χ1v) is 7.84. The van der Waals surface area contributed by atoms with Crippen molar-refractivity contribution in [1.82, 2.24) is 10.6 Å². The molecule has 0 saturated carbocycles.